The van der Waals surface area contributed by atoms with Crippen LogP contribution in [0.25, 0.3) is 0 Å². The molecule has 0 aromatic heterocycles. The second-order valence-corrected chi connectivity index (χ2v) is 8.18. The number of hydrogen-bond donors (Lipinski definition) is 0. The van der Waals surface area contributed by atoms with E-state index in [0.717, 1.165) is 26.2 Å². The first-order valence-electron chi connectivity index (χ1n) is 8.65. The van der Waals surface area contributed by atoms with Crippen LogP contribution in [0.1, 0.15) is 58.8 Å². The van der Waals surface area contributed by atoms with Gasteiger partial charge < -0.3 is 0 Å². The molecule has 0 saturated carbocycles. The fourth-order valence-electron chi connectivity index (χ4n) is 2.70. The van der Waals surface area contributed by atoms with Crippen molar-refractivity contribution in [3.63, 3.8) is 0 Å². The van der Waals surface area contributed by atoms with Gasteiger partial charge in [-0.1, -0.05) is 68.5 Å². The molecular formula is C16H22F11I. The normalized spacial score (nSPS) is 16.9. The van der Waals surface area contributed by atoms with Crippen molar-refractivity contribution in [2.75, 3.05) is 0 Å². The van der Waals surface area contributed by atoms with Crippen molar-refractivity contribution >= 4 is 22.6 Å². The van der Waals surface area contributed by atoms with Crippen molar-refractivity contribution in [2.24, 2.45) is 5.92 Å². The molecule has 0 aromatic carbocycles. The van der Waals surface area contributed by atoms with E-state index in [0.29, 0.717) is 12.8 Å². The molecular weight excluding hydrogens is 528 g/mol. The van der Waals surface area contributed by atoms with Gasteiger partial charge in [0, 0.05) is 9.84 Å². The minimum atomic E-state index is -7.33. The fourth-order valence-corrected chi connectivity index (χ4v) is 4.10. The lowest BCUT2D eigenvalue weighted by atomic mass is 9.84. The van der Waals surface area contributed by atoms with Gasteiger partial charge in [-0.25, -0.2) is 0 Å². The van der Waals surface area contributed by atoms with E-state index in [1.54, 1.807) is 0 Å². The van der Waals surface area contributed by atoms with Crippen LogP contribution in [0.4, 0.5) is 48.3 Å². The molecule has 0 aromatic rings. The predicted octanol–water partition coefficient (Wildman–Crippen LogP) is 8.28. The highest BCUT2D eigenvalue weighted by molar-refractivity contribution is 14.1. The zero-order chi connectivity index (χ0) is 22.6. The first-order valence-corrected chi connectivity index (χ1v) is 9.90. The van der Waals surface area contributed by atoms with E-state index in [9.17, 15) is 48.3 Å². The summed E-state index contributed by atoms with van der Waals surface area (Å²) in [5.41, 5.74) is 0. The Bertz CT molecular complexity index is 474. The van der Waals surface area contributed by atoms with Gasteiger partial charge in [-0.15, -0.1) is 0 Å². The smallest absolute Gasteiger partial charge is 0.199 e. The quantitative estimate of drug-likeness (QED) is 0.0994. The third kappa shape index (κ3) is 5.35. The summed E-state index contributed by atoms with van der Waals surface area (Å²) < 4.78 is 144. The summed E-state index contributed by atoms with van der Waals surface area (Å²) in [6, 6.07) is 0. The largest absolute Gasteiger partial charge is 0.460 e. The van der Waals surface area contributed by atoms with Gasteiger partial charge in [0.05, 0.1) is 0 Å². The Kier molecular flexibility index (Phi) is 9.83. The Labute approximate surface area is 169 Å². The van der Waals surface area contributed by atoms with Crippen LogP contribution in [-0.2, 0) is 0 Å². The first-order chi connectivity index (χ1) is 12.4. The van der Waals surface area contributed by atoms with Crippen LogP contribution in [0.3, 0.4) is 0 Å². The first kappa shape index (κ1) is 28.0. The van der Waals surface area contributed by atoms with Crippen LogP contribution >= 0.6 is 22.6 Å². The van der Waals surface area contributed by atoms with E-state index in [2.05, 4.69) is 0 Å². The molecule has 0 aliphatic carbocycles. The maximum Gasteiger partial charge on any atom is 0.460 e. The van der Waals surface area contributed by atoms with Crippen molar-refractivity contribution < 1.29 is 48.3 Å². The highest BCUT2D eigenvalue weighted by Gasteiger charge is 2.87. The monoisotopic (exact) mass is 550 g/mol. The molecule has 170 valence electrons. The Morgan fingerprint density at radius 2 is 1.11 bits per heavy atom. The second kappa shape index (κ2) is 9.84. The Morgan fingerprint density at radius 1 is 0.643 bits per heavy atom. The molecule has 0 aliphatic heterocycles. The van der Waals surface area contributed by atoms with Gasteiger partial charge in [-0.2, -0.15) is 48.3 Å². The average molecular weight is 550 g/mol. The molecule has 0 fully saturated rings. The zero-order valence-electron chi connectivity index (χ0n) is 15.1. The third-order valence-corrected chi connectivity index (χ3v) is 5.98. The number of halogens is 12. The van der Waals surface area contributed by atoms with Crippen molar-refractivity contribution in [3.8, 4) is 0 Å². The van der Waals surface area contributed by atoms with Gasteiger partial charge in [0.25, 0.3) is 0 Å². The number of hydrogen-bond acceptors (Lipinski definition) is 0. The van der Waals surface area contributed by atoms with Crippen molar-refractivity contribution in [1.29, 1.82) is 0 Å². The molecule has 0 bridgehead atoms. The Balaban J connectivity index is 5.64. The number of rotatable bonds is 12. The summed E-state index contributed by atoms with van der Waals surface area (Å²) in [5, 5.41) is 0. The van der Waals surface area contributed by atoms with Crippen molar-refractivity contribution in [2.45, 2.75) is 92.6 Å². The molecule has 28 heavy (non-hydrogen) atoms. The van der Waals surface area contributed by atoms with Crippen LogP contribution in [-0.4, -0.2) is 33.8 Å². The molecule has 0 aliphatic rings. The third-order valence-electron chi connectivity index (χ3n) is 4.49. The molecule has 0 nitrogen and oxygen atoms in total. The van der Waals surface area contributed by atoms with E-state index in [-0.39, 0.29) is 6.42 Å². The second-order valence-electron chi connectivity index (χ2n) is 6.58. The molecule has 0 spiro atoms. The molecule has 0 saturated heterocycles. The SMILES string of the molecule is CCCCCCCC(I)C(CC)C(F)(F)C(F)(F)C(F)(F)C(F)(F)C(F)(F)F. The molecule has 12 heteroatoms. The maximum absolute atomic E-state index is 14.2. The molecule has 0 heterocycles. The van der Waals surface area contributed by atoms with E-state index in [4.69, 9.17) is 0 Å². The summed E-state index contributed by atoms with van der Waals surface area (Å²) in [6.07, 6.45) is -4.70. The van der Waals surface area contributed by atoms with Crippen LogP contribution in [0.15, 0.2) is 0 Å². The lowest BCUT2D eigenvalue weighted by Gasteiger charge is -2.41. The van der Waals surface area contributed by atoms with Gasteiger partial charge in [-0.3, -0.25) is 0 Å². The van der Waals surface area contributed by atoms with E-state index in [1.807, 2.05) is 6.92 Å². The summed E-state index contributed by atoms with van der Waals surface area (Å²) in [5.74, 6) is -29.9. The van der Waals surface area contributed by atoms with Gasteiger partial charge in [-0.05, 0) is 12.8 Å². The fraction of sp³-hybridized carbons (Fsp3) is 1.00. The minimum absolute atomic E-state index is 0.0876. The lowest BCUT2D eigenvalue weighted by Crippen LogP contribution is -2.68. The van der Waals surface area contributed by atoms with Gasteiger partial charge in [0.15, 0.2) is 0 Å². The van der Waals surface area contributed by atoms with Crippen molar-refractivity contribution in [1.82, 2.24) is 0 Å². The van der Waals surface area contributed by atoms with E-state index < -0.39 is 46.1 Å². The average Bonchev–Trinajstić information content (AvgIpc) is 2.53. The lowest BCUT2D eigenvalue weighted by molar-refractivity contribution is -0.426. The van der Waals surface area contributed by atoms with Crippen LogP contribution in [0.2, 0.25) is 0 Å². The summed E-state index contributed by atoms with van der Waals surface area (Å²) in [7, 11) is 0. The van der Waals surface area contributed by atoms with Gasteiger partial charge in [0.2, 0.25) is 0 Å². The zero-order valence-corrected chi connectivity index (χ0v) is 17.3. The highest BCUT2D eigenvalue weighted by atomic mass is 127. The summed E-state index contributed by atoms with van der Waals surface area (Å²) in [6.45, 7) is 2.87. The highest BCUT2D eigenvalue weighted by Crippen LogP contribution is 2.59. The summed E-state index contributed by atoms with van der Waals surface area (Å²) >= 11 is 1.33. The molecule has 2 unspecified atom stereocenters. The van der Waals surface area contributed by atoms with E-state index in [1.165, 1.54) is 22.6 Å². The predicted molar refractivity (Wildman–Crippen MR) is 90.8 cm³/mol. The molecule has 0 rings (SSSR count). The maximum atomic E-state index is 14.2. The summed E-state index contributed by atoms with van der Waals surface area (Å²) in [4.78, 5) is 0. The van der Waals surface area contributed by atoms with Crippen molar-refractivity contribution in [3.05, 3.63) is 0 Å². The Hall–Kier alpha value is -0.0400. The molecule has 2 atom stereocenters. The molecule has 0 N–H and O–H groups in total. The van der Waals surface area contributed by atoms with E-state index >= 15 is 0 Å². The van der Waals surface area contributed by atoms with Crippen LogP contribution in [0, 0.1) is 5.92 Å². The molecule has 0 radical (unpaired) electrons. The topological polar surface area (TPSA) is 0 Å². The Morgan fingerprint density at radius 3 is 1.50 bits per heavy atom. The number of unbranched alkanes of at least 4 members (excludes halogenated alkanes) is 4. The number of alkyl halides is 12. The van der Waals surface area contributed by atoms with Gasteiger partial charge in [0.1, 0.15) is 0 Å². The van der Waals surface area contributed by atoms with Crippen LogP contribution in [0.5, 0.6) is 0 Å². The molecule has 0 amide bonds. The van der Waals surface area contributed by atoms with Gasteiger partial charge >= 0.3 is 29.9 Å². The minimum Gasteiger partial charge on any atom is -0.199 e. The van der Waals surface area contributed by atoms with Crippen LogP contribution < -0.4 is 0 Å². The standard InChI is InChI=1S/C16H22F11I/c1-3-5-6-7-8-9-11(28)10(4-2)12(17,18)13(19,20)14(21,22)15(23,24)16(25,26)27/h10-11H,3-9H2,1-2H3.